The zero-order chi connectivity index (χ0) is 27.7. The molecule has 3 unspecified atom stereocenters. The molecule has 6 rings (SSSR count). The van der Waals surface area contributed by atoms with Crippen LogP contribution in [0.1, 0.15) is 49.4 Å². The molecule has 1 saturated carbocycles. The van der Waals surface area contributed by atoms with Crippen molar-refractivity contribution in [3.63, 3.8) is 0 Å². The van der Waals surface area contributed by atoms with Crippen molar-refractivity contribution in [3.05, 3.63) is 78.1 Å². The van der Waals surface area contributed by atoms with Crippen LogP contribution in [0, 0.1) is 24.7 Å². The summed E-state index contributed by atoms with van der Waals surface area (Å²) in [6.45, 7) is 5.56. The van der Waals surface area contributed by atoms with Gasteiger partial charge in [0.2, 0.25) is 15.9 Å². The van der Waals surface area contributed by atoms with Crippen molar-refractivity contribution >= 4 is 15.9 Å². The summed E-state index contributed by atoms with van der Waals surface area (Å²) in [5.41, 5.74) is 2.64. The Morgan fingerprint density at radius 1 is 0.950 bits per heavy atom. The van der Waals surface area contributed by atoms with Crippen molar-refractivity contribution in [1.29, 1.82) is 0 Å². The standard InChI is InChI=1S/C31H39N5O3S/c1-23-30(18-32-36(23)28-14-6-3-7-15-28)40(38,39)35-21-26-19-34(20-27(26)22-35)17-16-29(24-10-4-2-5-11-24)33-31(37)25-12-8-9-13-25/h2-7,10-11,14-15,18,25-27,29H,8-9,12-13,16-17,19-22H2,1H3,(H,33,37). The molecular formula is C31H39N5O3S. The summed E-state index contributed by atoms with van der Waals surface area (Å²) < 4.78 is 30.6. The minimum atomic E-state index is -3.62. The van der Waals surface area contributed by atoms with E-state index in [1.807, 2.05) is 55.5 Å². The Labute approximate surface area is 237 Å². The van der Waals surface area contributed by atoms with Crippen LogP contribution in [0.3, 0.4) is 0 Å². The van der Waals surface area contributed by atoms with E-state index in [1.165, 1.54) is 6.20 Å². The third-order valence-corrected chi connectivity index (χ3v) is 11.0. The molecule has 3 aromatic rings. The van der Waals surface area contributed by atoms with Gasteiger partial charge in [-0.25, -0.2) is 13.1 Å². The van der Waals surface area contributed by atoms with Crippen LogP contribution in [0.15, 0.2) is 71.8 Å². The van der Waals surface area contributed by atoms with Crippen LogP contribution in [-0.2, 0) is 14.8 Å². The quantitative estimate of drug-likeness (QED) is 0.424. The molecule has 3 heterocycles. The Bertz CT molecular complexity index is 1410. The highest BCUT2D eigenvalue weighted by Gasteiger charge is 2.45. The zero-order valence-electron chi connectivity index (χ0n) is 23.2. The Morgan fingerprint density at radius 2 is 1.57 bits per heavy atom. The Kier molecular flexibility index (Phi) is 7.79. The first-order chi connectivity index (χ1) is 19.4. The number of aromatic nitrogens is 2. The number of carbonyl (C=O) groups excluding carboxylic acids is 1. The lowest BCUT2D eigenvalue weighted by Crippen LogP contribution is -2.36. The molecule has 212 valence electrons. The summed E-state index contributed by atoms with van der Waals surface area (Å²) in [6.07, 6.45) is 6.62. The molecule has 0 radical (unpaired) electrons. The average molecular weight is 562 g/mol. The first-order valence-electron chi connectivity index (χ1n) is 14.6. The number of fused-ring (bicyclic) bond motifs is 1. The van der Waals surface area contributed by atoms with Gasteiger partial charge < -0.3 is 10.2 Å². The fourth-order valence-corrected chi connectivity index (χ4v) is 8.53. The SMILES string of the molecule is Cc1c(S(=O)(=O)N2CC3CN(CCC(NC(=O)C4CCCC4)c4ccccc4)CC3C2)cnn1-c1ccccc1. The van der Waals surface area contributed by atoms with Gasteiger partial charge >= 0.3 is 0 Å². The maximum atomic E-state index is 13.6. The largest absolute Gasteiger partial charge is 0.349 e. The smallest absolute Gasteiger partial charge is 0.246 e. The first-order valence-corrected chi connectivity index (χ1v) is 16.0. The summed E-state index contributed by atoms with van der Waals surface area (Å²) in [5.74, 6) is 0.982. The molecule has 1 N–H and O–H groups in total. The van der Waals surface area contributed by atoms with Crippen molar-refractivity contribution in [3.8, 4) is 5.69 Å². The van der Waals surface area contributed by atoms with Gasteiger partial charge in [0.15, 0.2) is 0 Å². The lowest BCUT2D eigenvalue weighted by molar-refractivity contribution is -0.125. The molecule has 2 saturated heterocycles. The molecule has 8 nitrogen and oxygen atoms in total. The average Bonchev–Trinajstić information content (AvgIpc) is 3.76. The van der Waals surface area contributed by atoms with Gasteiger partial charge in [-0.3, -0.25) is 4.79 Å². The van der Waals surface area contributed by atoms with E-state index in [0.29, 0.717) is 30.6 Å². The summed E-state index contributed by atoms with van der Waals surface area (Å²) in [4.78, 5) is 15.7. The Balaban J connectivity index is 1.07. The molecule has 0 bridgehead atoms. The maximum Gasteiger partial charge on any atom is 0.246 e. The predicted octanol–water partition coefficient (Wildman–Crippen LogP) is 4.17. The molecule has 3 aliphatic rings. The fraction of sp³-hybridized carbons (Fsp3) is 0.484. The molecule has 1 amide bonds. The molecule has 3 atom stereocenters. The second kappa shape index (κ2) is 11.5. The monoisotopic (exact) mass is 561 g/mol. The molecule has 40 heavy (non-hydrogen) atoms. The molecule has 0 spiro atoms. The van der Waals surface area contributed by atoms with Gasteiger partial charge in [0.25, 0.3) is 0 Å². The van der Waals surface area contributed by atoms with E-state index in [0.717, 1.165) is 63.0 Å². The van der Waals surface area contributed by atoms with Gasteiger partial charge in [-0.2, -0.15) is 9.40 Å². The molecule has 3 fully saturated rings. The zero-order valence-corrected chi connectivity index (χ0v) is 24.0. The topological polar surface area (TPSA) is 87.5 Å². The van der Waals surface area contributed by atoms with E-state index in [-0.39, 0.29) is 22.8 Å². The highest BCUT2D eigenvalue weighted by molar-refractivity contribution is 7.89. The van der Waals surface area contributed by atoms with Crippen molar-refractivity contribution in [2.45, 2.75) is 50.0 Å². The van der Waals surface area contributed by atoms with Gasteiger partial charge in [0.05, 0.1) is 23.6 Å². The number of benzene rings is 2. The summed E-state index contributed by atoms with van der Waals surface area (Å²) in [7, 11) is -3.62. The van der Waals surface area contributed by atoms with Crippen LogP contribution in [0.4, 0.5) is 0 Å². The Morgan fingerprint density at radius 3 is 2.23 bits per heavy atom. The number of hydrogen-bond acceptors (Lipinski definition) is 5. The second-order valence-corrected chi connectivity index (χ2v) is 13.6. The van der Waals surface area contributed by atoms with Crippen LogP contribution in [0.2, 0.25) is 0 Å². The summed E-state index contributed by atoms with van der Waals surface area (Å²) >= 11 is 0. The van der Waals surface area contributed by atoms with Crippen LogP contribution in [0.25, 0.3) is 5.69 Å². The van der Waals surface area contributed by atoms with Gasteiger partial charge in [0.1, 0.15) is 4.90 Å². The second-order valence-electron chi connectivity index (χ2n) is 11.7. The Hall–Kier alpha value is -3.01. The van der Waals surface area contributed by atoms with E-state index in [4.69, 9.17) is 0 Å². The summed E-state index contributed by atoms with van der Waals surface area (Å²) in [6, 6.07) is 19.9. The number of nitrogens with zero attached hydrogens (tertiary/aromatic N) is 4. The number of amides is 1. The number of hydrogen-bond donors (Lipinski definition) is 1. The third-order valence-electron chi connectivity index (χ3n) is 9.09. The lowest BCUT2D eigenvalue weighted by Gasteiger charge is -2.25. The van der Waals surface area contributed by atoms with Gasteiger partial charge in [-0.05, 0) is 55.7 Å². The first kappa shape index (κ1) is 27.2. The van der Waals surface area contributed by atoms with Crippen molar-refractivity contribution < 1.29 is 13.2 Å². The van der Waals surface area contributed by atoms with Crippen molar-refractivity contribution in [2.24, 2.45) is 17.8 Å². The minimum absolute atomic E-state index is 0.00394. The minimum Gasteiger partial charge on any atom is -0.349 e. The van der Waals surface area contributed by atoms with Crippen LogP contribution < -0.4 is 5.32 Å². The number of nitrogens with one attached hydrogen (secondary N) is 1. The van der Waals surface area contributed by atoms with Crippen LogP contribution >= 0.6 is 0 Å². The van der Waals surface area contributed by atoms with Gasteiger partial charge in [-0.1, -0.05) is 61.4 Å². The fourth-order valence-electron chi connectivity index (χ4n) is 6.84. The van der Waals surface area contributed by atoms with E-state index >= 15 is 0 Å². The van der Waals surface area contributed by atoms with Gasteiger partial charge in [0, 0.05) is 38.6 Å². The number of rotatable bonds is 9. The lowest BCUT2D eigenvalue weighted by atomic mass is 10.0. The van der Waals surface area contributed by atoms with E-state index in [1.54, 1.807) is 8.99 Å². The maximum absolute atomic E-state index is 13.6. The van der Waals surface area contributed by atoms with Crippen molar-refractivity contribution in [1.82, 2.24) is 24.3 Å². The van der Waals surface area contributed by atoms with Gasteiger partial charge in [-0.15, -0.1) is 0 Å². The van der Waals surface area contributed by atoms with Crippen LogP contribution in [-0.4, -0.2) is 66.0 Å². The van der Waals surface area contributed by atoms with E-state index in [2.05, 4.69) is 27.4 Å². The van der Waals surface area contributed by atoms with E-state index in [9.17, 15) is 13.2 Å². The van der Waals surface area contributed by atoms with Crippen LogP contribution in [0.5, 0.6) is 0 Å². The highest BCUT2D eigenvalue weighted by atomic mass is 32.2. The summed E-state index contributed by atoms with van der Waals surface area (Å²) in [5, 5.41) is 7.74. The normalized spacial score (nSPS) is 22.9. The number of para-hydroxylation sites is 1. The molecule has 1 aliphatic carbocycles. The molecular weight excluding hydrogens is 522 g/mol. The molecule has 2 aliphatic heterocycles. The van der Waals surface area contributed by atoms with Crippen molar-refractivity contribution in [2.75, 3.05) is 32.7 Å². The number of sulfonamides is 1. The predicted molar refractivity (Wildman–Crippen MR) is 154 cm³/mol. The molecule has 1 aromatic heterocycles. The number of carbonyl (C=O) groups is 1. The third kappa shape index (κ3) is 5.47. The molecule has 2 aromatic carbocycles. The molecule has 9 heteroatoms. The highest BCUT2D eigenvalue weighted by Crippen LogP contribution is 2.36. The number of likely N-dealkylation sites (tertiary alicyclic amines) is 1. The van der Waals surface area contributed by atoms with E-state index < -0.39 is 10.0 Å².